The van der Waals surface area contributed by atoms with Crippen LogP contribution in [0.15, 0.2) is 78.9 Å². The van der Waals surface area contributed by atoms with Gasteiger partial charge in [-0.25, -0.2) is 4.98 Å². The van der Waals surface area contributed by atoms with E-state index in [1.165, 1.54) is 16.5 Å². The van der Waals surface area contributed by atoms with Crippen molar-refractivity contribution in [3.8, 4) is 11.1 Å². The molecule has 0 aliphatic carbocycles. The number of para-hydroxylation sites is 2. The summed E-state index contributed by atoms with van der Waals surface area (Å²) in [6.45, 7) is 2.08. The van der Waals surface area contributed by atoms with Crippen LogP contribution in [0.2, 0.25) is 0 Å². The first-order valence-electron chi connectivity index (χ1n) is 8.46. The fourth-order valence-corrected chi connectivity index (χ4v) is 3.67. The smallest absolute Gasteiger partial charge is 0.0828 e. The molecule has 0 radical (unpaired) electrons. The molecule has 0 saturated carbocycles. The number of hydrogen-bond donors (Lipinski definition) is 0. The van der Waals surface area contributed by atoms with E-state index in [0.29, 0.717) is 0 Å². The number of benzene rings is 3. The number of hydrogen-bond acceptors (Lipinski definition) is 2. The van der Waals surface area contributed by atoms with Gasteiger partial charge in [-0.2, -0.15) is 0 Å². The van der Waals surface area contributed by atoms with Crippen molar-refractivity contribution in [2.45, 2.75) is 6.92 Å². The van der Waals surface area contributed by atoms with Gasteiger partial charge in [-0.15, -0.1) is 0 Å². The number of aryl methyl sites for hydroxylation is 1. The molecule has 0 aliphatic heterocycles. The first-order valence-corrected chi connectivity index (χ1v) is 8.46. The average Bonchev–Trinajstić information content (AvgIpc) is 2.67. The Kier molecular flexibility index (Phi) is 3.04. The van der Waals surface area contributed by atoms with Crippen LogP contribution in [0.1, 0.15) is 5.69 Å². The molecule has 0 N–H and O–H groups in total. The lowest BCUT2D eigenvalue weighted by Crippen LogP contribution is -1.95. The first kappa shape index (κ1) is 14.1. The molecule has 0 saturated heterocycles. The highest BCUT2D eigenvalue weighted by Crippen LogP contribution is 2.38. The molecule has 2 nitrogen and oxygen atoms in total. The van der Waals surface area contributed by atoms with Gasteiger partial charge in [0.2, 0.25) is 0 Å². The zero-order chi connectivity index (χ0) is 16.8. The van der Waals surface area contributed by atoms with Crippen LogP contribution in [0.25, 0.3) is 43.8 Å². The zero-order valence-corrected chi connectivity index (χ0v) is 13.9. The van der Waals surface area contributed by atoms with Gasteiger partial charge in [0.15, 0.2) is 0 Å². The standard InChI is InChI=1S/C23H16N2/c1-15-21-22(16-9-3-2-4-10-16)17-11-5-7-13-19(17)25-23(21)18-12-6-8-14-20(18)24-15/h2-14H,1H3. The maximum absolute atomic E-state index is 5.01. The van der Waals surface area contributed by atoms with Crippen molar-refractivity contribution in [2.75, 3.05) is 0 Å². The predicted molar refractivity (Wildman–Crippen MR) is 105 cm³/mol. The van der Waals surface area contributed by atoms with Crippen LogP contribution in [0.4, 0.5) is 0 Å². The van der Waals surface area contributed by atoms with Crippen LogP contribution in [-0.2, 0) is 0 Å². The predicted octanol–water partition coefficient (Wildman–Crippen LogP) is 5.91. The highest BCUT2D eigenvalue weighted by atomic mass is 14.7. The SMILES string of the molecule is Cc1nc2ccccc2c2nc3ccccc3c(-c3ccccc3)c12. The molecule has 2 heteroatoms. The Hall–Kier alpha value is -3.26. The first-order chi connectivity index (χ1) is 12.3. The maximum atomic E-state index is 5.01. The summed E-state index contributed by atoms with van der Waals surface area (Å²) in [5.41, 5.74) is 6.48. The fraction of sp³-hybridized carbons (Fsp3) is 0.0435. The lowest BCUT2D eigenvalue weighted by Gasteiger charge is -2.14. The maximum Gasteiger partial charge on any atom is 0.0828 e. The summed E-state index contributed by atoms with van der Waals surface area (Å²) < 4.78 is 0. The normalized spacial score (nSPS) is 11.4. The second-order valence-electron chi connectivity index (χ2n) is 6.31. The lowest BCUT2D eigenvalue weighted by atomic mass is 9.94. The molecule has 0 atom stereocenters. The Bertz CT molecular complexity index is 1240. The Morgan fingerprint density at radius 2 is 1.20 bits per heavy atom. The molecule has 0 unspecified atom stereocenters. The van der Waals surface area contributed by atoms with E-state index in [1.54, 1.807) is 0 Å². The lowest BCUT2D eigenvalue weighted by molar-refractivity contribution is 1.28. The van der Waals surface area contributed by atoms with Crippen LogP contribution in [0, 0.1) is 6.92 Å². The van der Waals surface area contributed by atoms with Crippen molar-refractivity contribution < 1.29 is 0 Å². The number of rotatable bonds is 1. The topological polar surface area (TPSA) is 25.8 Å². The molecule has 0 spiro atoms. The van der Waals surface area contributed by atoms with Gasteiger partial charge in [0.1, 0.15) is 0 Å². The quantitative estimate of drug-likeness (QED) is 0.283. The number of pyridine rings is 2. The zero-order valence-electron chi connectivity index (χ0n) is 13.9. The molecule has 118 valence electrons. The van der Waals surface area contributed by atoms with Gasteiger partial charge in [0.25, 0.3) is 0 Å². The van der Waals surface area contributed by atoms with Gasteiger partial charge >= 0.3 is 0 Å². The van der Waals surface area contributed by atoms with Crippen molar-refractivity contribution in [3.63, 3.8) is 0 Å². The molecule has 2 aromatic heterocycles. The van der Waals surface area contributed by atoms with Crippen LogP contribution >= 0.6 is 0 Å². The van der Waals surface area contributed by atoms with Gasteiger partial charge in [0, 0.05) is 27.4 Å². The van der Waals surface area contributed by atoms with E-state index in [4.69, 9.17) is 9.97 Å². The third kappa shape index (κ3) is 2.11. The summed E-state index contributed by atoms with van der Waals surface area (Å²) in [6, 6.07) is 27.2. The molecule has 5 rings (SSSR count). The van der Waals surface area contributed by atoms with Crippen molar-refractivity contribution >= 4 is 32.7 Å². The highest BCUT2D eigenvalue weighted by Gasteiger charge is 2.15. The molecule has 25 heavy (non-hydrogen) atoms. The highest BCUT2D eigenvalue weighted by molar-refractivity contribution is 6.16. The van der Waals surface area contributed by atoms with Crippen molar-refractivity contribution in [1.29, 1.82) is 0 Å². The van der Waals surface area contributed by atoms with E-state index in [0.717, 1.165) is 33.0 Å². The molecule has 0 fully saturated rings. The average molecular weight is 320 g/mol. The van der Waals surface area contributed by atoms with Crippen molar-refractivity contribution in [3.05, 3.63) is 84.6 Å². The Balaban J connectivity index is 2.10. The second kappa shape index (κ2) is 5.38. The summed E-state index contributed by atoms with van der Waals surface area (Å²) in [5, 5.41) is 3.41. The molecular weight excluding hydrogens is 304 g/mol. The third-order valence-electron chi connectivity index (χ3n) is 4.76. The van der Waals surface area contributed by atoms with E-state index < -0.39 is 0 Å². The molecule has 0 amide bonds. The number of aromatic nitrogens is 2. The summed E-state index contributed by atoms with van der Waals surface area (Å²) in [6.07, 6.45) is 0. The minimum absolute atomic E-state index is 0.995. The Morgan fingerprint density at radius 1 is 0.600 bits per heavy atom. The summed E-state index contributed by atoms with van der Waals surface area (Å²) in [5.74, 6) is 0. The van der Waals surface area contributed by atoms with Gasteiger partial charge in [-0.05, 0) is 24.6 Å². The van der Waals surface area contributed by atoms with Gasteiger partial charge in [-0.1, -0.05) is 66.7 Å². The Morgan fingerprint density at radius 3 is 1.96 bits per heavy atom. The molecular formula is C23H16N2. The van der Waals surface area contributed by atoms with Crippen LogP contribution < -0.4 is 0 Å². The molecule has 0 aliphatic rings. The minimum atomic E-state index is 0.995. The van der Waals surface area contributed by atoms with Gasteiger partial charge in [-0.3, -0.25) is 4.98 Å². The van der Waals surface area contributed by atoms with E-state index in [-0.39, 0.29) is 0 Å². The van der Waals surface area contributed by atoms with Crippen LogP contribution in [0.3, 0.4) is 0 Å². The monoisotopic (exact) mass is 320 g/mol. The van der Waals surface area contributed by atoms with E-state index in [1.807, 2.05) is 12.1 Å². The number of nitrogens with zero attached hydrogens (tertiary/aromatic N) is 2. The van der Waals surface area contributed by atoms with Gasteiger partial charge in [0.05, 0.1) is 16.6 Å². The largest absolute Gasteiger partial charge is 0.252 e. The van der Waals surface area contributed by atoms with Crippen molar-refractivity contribution in [2.24, 2.45) is 0 Å². The third-order valence-corrected chi connectivity index (χ3v) is 4.76. The minimum Gasteiger partial charge on any atom is -0.252 e. The van der Waals surface area contributed by atoms with Crippen molar-refractivity contribution in [1.82, 2.24) is 9.97 Å². The van der Waals surface area contributed by atoms with Crippen LogP contribution in [-0.4, -0.2) is 9.97 Å². The second-order valence-corrected chi connectivity index (χ2v) is 6.31. The number of fused-ring (bicyclic) bond motifs is 4. The summed E-state index contributed by atoms with van der Waals surface area (Å²) >= 11 is 0. The van der Waals surface area contributed by atoms with E-state index in [9.17, 15) is 0 Å². The fourth-order valence-electron chi connectivity index (χ4n) is 3.67. The van der Waals surface area contributed by atoms with Crippen LogP contribution in [0.5, 0.6) is 0 Å². The van der Waals surface area contributed by atoms with Gasteiger partial charge < -0.3 is 0 Å². The summed E-state index contributed by atoms with van der Waals surface area (Å²) in [4.78, 5) is 9.87. The Labute approximate surface area is 145 Å². The molecule has 3 aromatic carbocycles. The van der Waals surface area contributed by atoms with E-state index >= 15 is 0 Å². The van der Waals surface area contributed by atoms with E-state index in [2.05, 4.69) is 73.7 Å². The molecule has 0 bridgehead atoms. The summed E-state index contributed by atoms with van der Waals surface area (Å²) in [7, 11) is 0. The molecule has 5 aromatic rings. The molecule has 2 heterocycles.